The van der Waals surface area contributed by atoms with E-state index < -0.39 is 0 Å². The Morgan fingerprint density at radius 3 is 2.22 bits per heavy atom. The largest absolute Gasteiger partial charge is 0.366 e. The van der Waals surface area contributed by atoms with Gasteiger partial charge in [-0.05, 0) is 85.4 Å². The smallest absolute Gasteiger partial charge is 0.104 e. The molecule has 3 heteroatoms. The lowest BCUT2D eigenvalue weighted by Crippen LogP contribution is -2.39. The lowest BCUT2D eigenvalue weighted by Gasteiger charge is -2.34. The van der Waals surface area contributed by atoms with Gasteiger partial charge in [-0.25, -0.2) is 0 Å². The summed E-state index contributed by atoms with van der Waals surface area (Å²) >= 11 is 0. The summed E-state index contributed by atoms with van der Waals surface area (Å²) in [6.45, 7) is 6.19. The minimum Gasteiger partial charge on any atom is -0.366 e. The highest BCUT2D eigenvalue weighted by Gasteiger charge is 2.25. The summed E-state index contributed by atoms with van der Waals surface area (Å²) < 4.78 is 0. The van der Waals surface area contributed by atoms with Crippen LogP contribution in [0, 0.1) is 0 Å². The van der Waals surface area contributed by atoms with Crippen LogP contribution in [0.25, 0.3) is 38.9 Å². The monoisotopic (exact) mass is 645 g/mol. The third-order valence-electron chi connectivity index (χ3n) is 9.69. The van der Waals surface area contributed by atoms with Crippen LogP contribution in [0.5, 0.6) is 0 Å². The first-order valence-electron chi connectivity index (χ1n) is 17.2. The van der Waals surface area contributed by atoms with E-state index in [4.69, 9.17) is 0 Å². The average Bonchev–Trinajstić information content (AvgIpc) is 3.18. The van der Waals surface area contributed by atoms with E-state index in [1.807, 2.05) is 6.08 Å². The van der Waals surface area contributed by atoms with Crippen molar-refractivity contribution in [1.82, 2.24) is 10.6 Å². The van der Waals surface area contributed by atoms with Crippen LogP contribution in [0.1, 0.15) is 41.4 Å². The molecule has 0 fully saturated rings. The number of rotatable bonds is 7. The Hall–Kier alpha value is -6.16. The van der Waals surface area contributed by atoms with E-state index in [0.717, 1.165) is 27.9 Å². The molecule has 2 atom stereocenters. The van der Waals surface area contributed by atoms with Crippen LogP contribution < -0.4 is 26.4 Å². The van der Waals surface area contributed by atoms with Gasteiger partial charge in [0.2, 0.25) is 0 Å². The predicted octanol–water partition coefficient (Wildman–Crippen LogP) is 9.90. The third-order valence-corrected chi connectivity index (χ3v) is 9.69. The molecule has 7 aromatic carbocycles. The molecule has 50 heavy (non-hydrogen) atoms. The molecular formula is C47H39N3. The van der Waals surface area contributed by atoms with Crippen LogP contribution in [0.2, 0.25) is 0 Å². The molecule has 0 saturated carbocycles. The topological polar surface area (TPSA) is 36.1 Å². The van der Waals surface area contributed by atoms with Crippen LogP contribution in [-0.4, -0.2) is 0 Å². The first kappa shape index (κ1) is 31.1. The number of allylic oxidation sites excluding steroid dienone is 1. The Kier molecular flexibility index (Phi) is 8.56. The SMILES string of the molecule is C=C/C=c1/cccc/c1=C(/C)c1c(Nc2cccc(C3NC(c4ccccc4)=CC(c4cccc5ccccc45)N3)c2)ccc2ccccc12. The van der Waals surface area contributed by atoms with Crippen molar-refractivity contribution < 1.29 is 0 Å². The van der Waals surface area contributed by atoms with E-state index in [-0.39, 0.29) is 12.2 Å². The molecule has 8 rings (SSSR count). The molecule has 0 radical (unpaired) electrons. The van der Waals surface area contributed by atoms with Gasteiger partial charge in [-0.1, -0.05) is 158 Å². The van der Waals surface area contributed by atoms with Gasteiger partial charge in [-0.2, -0.15) is 0 Å². The lowest BCUT2D eigenvalue weighted by molar-refractivity contribution is 0.444. The van der Waals surface area contributed by atoms with E-state index in [0.29, 0.717) is 0 Å². The highest BCUT2D eigenvalue weighted by molar-refractivity contribution is 5.99. The fraction of sp³-hybridized carbons (Fsp3) is 0.0638. The zero-order valence-corrected chi connectivity index (χ0v) is 28.1. The molecule has 0 bridgehead atoms. The molecule has 0 aliphatic carbocycles. The minimum atomic E-state index is -0.119. The Morgan fingerprint density at radius 1 is 0.680 bits per heavy atom. The summed E-state index contributed by atoms with van der Waals surface area (Å²) in [6, 6.07) is 56.1. The van der Waals surface area contributed by atoms with Crippen LogP contribution in [-0.2, 0) is 0 Å². The summed E-state index contributed by atoms with van der Waals surface area (Å²) in [7, 11) is 0. The van der Waals surface area contributed by atoms with Gasteiger partial charge in [-0.15, -0.1) is 0 Å². The molecule has 2 unspecified atom stereocenters. The molecular weight excluding hydrogens is 607 g/mol. The van der Waals surface area contributed by atoms with Gasteiger partial charge in [-0.3, -0.25) is 5.32 Å². The second-order valence-electron chi connectivity index (χ2n) is 12.8. The first-order valence-corrected chi connectivity index (χ1v) is 17.2. The van der Waals surface area contributed by atoms with Crippen molar-refractivity contribution in [3.63, 3.8) is 0 Å². The highest BCUT2D eigenvalue weighted by atomic mass is 15.2. The van der Waals surface area contributed by atoms with Gasteiger partial charge in [0.05, 0.1) is 6.04 Å². The van der Waals surface area contributed by atoms with Crippen LogP contribution >= 0.6 is 0 Å². The Balaban J connectivity index is 1.20. The summed E-state index contributed by atoms with van der Waals surface area (Å²) in [5.41, 5.74) is 9.18. The summed E-state index contributed by atoms with van der Waals surface area (Å²) in [5.74, 6) is 0. The second-order valence-corrected chi connectivity index (χ2v) is 12.8. The number of benzene rings is 7. The number of nitrogens with one attached hydrogen (secondary N) is 3. The molecule has 0 aromatic heterocycles. The first-order chi connectivity index (χ1) is 24.7. The van der Waals surface area contributed by atoms with E-state index in [9.17, 15) is 0 Å². The van der Waals surface area contributed by atoms with Gasteiger partial charge in [0.1, 0.15) is 6.17 Å². The molecule has 3 N–H and O–H groups in total. The number of fused-ring (bicyclic) bond motifs is 2. The van der Waals surface area contributed by atoms with Crippen molar-refractivity contribution in [1.29, 1.82) is 0 Å². The Morgan fingerprint density at radius 2 is 1.38 bits per heavy atom. The molecule has 1 heterocycles. The maximum atomic E-state index is 3.97. The summed E-state index contributed by atoms with van der Waals surface area (Å²) in [4.78, 5) is 0. The number of anilines is 2. The van der Waals surface area contributed by atoms with Crippen molar-refractivity contribution in [3.05, 3.63) is 209 Å². The summed E-state index contributed by atoms with van der Waals surface area (Å²) in [6.07, 6.45) is 6.13. The van der Waals surface area contributed by atoms with Crippen molar-refractivity contribution in [2.24, 2.45) is 0 Å². The maximum Gasteiger partial charge on any atom is 0.104 e. The van der Waals surface area contributed by atoms with E-state index >= 15 is 0 Å². The standard InChI is InChI=1S/C47H39N3/c1-3-15-33-16-7-10-24-39(33)32(2)46-41-26-12-9-18-35(41)28-29-43(46)48-38-23-13-22-37(30-38)47-49-44(36-19-5-4-6-20-36)31-45(50-47)42-27-14-21-34-17-8-11-25-40(34)42/h3-31,45,47-50H,1H2,2H3/b33-15-,39-32+. The van der Waals surface area contributed by atoms with E-state index in [1.54, 1.807) is 0 Å². The van der Waals surface area contributed by atoms with E-state index in [2.05, 4.69) is 199 Å². The summed E-state index contributed by atoms with van der Waals surface area (Å²) in [5, 5.41) is 18.9. The van der Waals surface area contributed by atoms with Crippen LogP contribution in [0.15, 0.2) is 176 Å². The normalized spacial score (nSPS) is 16.8. The van der Waals surface area contributed by atoms with Gasteiger partial charge in [0.25, 0.3) is 0 Å². The fourth-order valence-corrected chi connectivity index (χ4v) is 7.29. The van der Waals surface area contributed by atoms with Crippen molar-refractivity contribution >= 4 is 50.3 Å². The molecule has 0 amide bonds. The highest BCUT2D eigenvalue weighted by Crippen LogP contribution is 2.36. The molecule has 0 spiro atoms. The van der Waals surface area contributed by atoms with Gasteiger partial charge in [0.15, 0.2) is 0 Å². The minimum absolute atomic E-state index is 0.0101. The molecule has 3 nitrogen and oxygen atoms in total. The lowest BCUT2D eigenvalue weighted by atomic mass is 9.94. The van der Waals surface area contributed by atoms with Crippen molar-refractivity contribution in [2.75, 3.05) is 5.32 Å². The Labute approximate surface area is 293 Å². The second kappa shape index (κ2) is 13.8. The van der Waals surface area contributed by atoms with E-state index in [1.165, 1.54) is 49.0 Å². The molecule has 1 aliphatic heterocycles. The fourth-order valence-electron chi connectivity index (χ4n) is 7.29. The zero-order chi connectivity index (χ0) is 33.9. The maximum absolute atomic E-state index is 3.97. The quantitative estimate of drug-likeness (QED) is 0.162. The molecule has 242 valence electrons. The predicted molar refractivity (Wildman–Crippen MR) is 212 cm³/mol. The van der Waals surface area contributed by atoms with Gasteiger partial charge in [0, 0.05) is 22.6 Å². The van der Waals surface area contributed by atoms with Gasteiger partial charge >= 0.3 is 0 Å². The Bertz CT molecular complexity index is 2510. The number of hydrogen-bond acceptors (Lipinski definition) is 3. The van der Waals surface area contributed by atoms with Crippen LogP contribution in [0.4, 0.5) is 11.4 Å². The van der Waals surface area contributed by atoms with Crippen molar-refractivity contribution in [3.8, 4) is 0 Å². The molecule has 7 aromatic rings. The molecule has 0 saturated heterocycles. The zero-order valence-electron chi connectivity index (χ0n) is 28.1. The third kappa shape index (κ3) is 6.11. The van der Waals surface area contributed by atoms with Gasteiger partial charge < -0.3 is 10.6 Å². The average molecular weight is 646 g/mol. The van der Waals surface area contributed by atoms with Crippen molar-refractivity contribution in [2.45, 2.75) is 19.1 Å². The molecule has 1 aliphatic rings. The van der Waals surface area contributed by atoms with Crippen LogP contribution in [0.3, 0.4) is 0 Å². The number of hydrogen-bond donors (Lipinski definition) is 3.